The van der Waals surface area contributed by atoms with Gasteiger partial charge >= 0.3 is 0 Å². The summed E-state index contributed by atoms with van der Waals surface area (Å²) in [6.45, 7) is 1.84. The molecule has 0 aliphatic carbocycles. The van der Waals surface area contributed by atoms with Gasteiger partial charge in [0.25, 0.3) is 0 Å². The van der Waals surface area contributed by atoms with E-state index in [0.717, 1.165) is 21.5 Å². The van der Waals surface area contributed by atoms with Gasteiger partial charge in [-0.1, -0.05) is 15.9 Å². The maximum atomic E-state index is 13.2. The molecule has 2 aromatic carbocycles. The number of methoxy groups -OCH3 is 1. The topological polar surface area (TPSA) is 71.6 Å². The molecule has 2 aromatic rings. The van der Waals surface area contributed by atoms with Gasteiger partial charge in [0.05, 0.1) is 13.2 Å². The van der Waals surface area contributed by atoms with E-state index in [4.69, 9.17) is 21.7 Å². The minimum absolute atomic E-state index is 0.166. The normalized spacial score (nSPS) is 25.4. The van der Waals surface area contributed by atoms with E-state index in [1.54, 1.807) is 31.4 Å². The van der Waals surface area contributed by atoms with E-state index < -0.39 is 11.6 Å². The summed E-state index contributed by atoms with van der Waals surface area (Å²) >= 11 is 8.82. The van der Waals surface area contributed by atoms with Crippen molar-refractivity contribution in [2.75, 3.05) is 12.4 Å². The van der Waals surface area contributed by atoms with Crippen LogP contribution in [0.3, 0.4) is 0 Å². The molecule has 2 aliphatic rings. The van der Waals surface area contributed by atoms with Gasteiger partial charge in [-0.25, -0.2) is 0 Å². The largest absolute Gasteiger partial charge is 0.497 e. The molecule has 2 bridgehead atoms. The first-order valence-electron chi connectivity index (χ1n) is 8.42. The third-order valence-corrected chi connectivity index (χ3v) is 5.56. The van der Waals surface area contributed by atoms with Crippen molar-refractivity contribution in [2.24, 2.45) is 5.92 Å². The van der Waals surface area contributed by atoms with Crippen LogP contribution in [0.15, 0.2) is 46.9 Å². The average molecular weight is 448 g/mol. The van der Waals surface area contributed by atoms with Crippen LogP contribution >= 0.6 is 28.1 Å². The van der Waals surface area contributed by atoms with E-state index in [0.29, 0.717) is 10.8 Å². The molecular formula is C19H18BrN3O3S. The van der Waals surface area contributed by atoms with E-state index in [1.165, 1.54) is 0 Å². The molecule has 0 saturated carbocycles. The SMILES string of the molecule is COc1ccc(NC(=O)[C@H]2[C@@H]3NC(=S)N[C@@]2(C)Oc2ccc(Br)cc23)cc1. The summed E-state index contributed by atoms with van der Waals surface area (Å²) in [6.07, 6.45) is 0. The standard InChI is InChI=1S/C19H18BrN3O3S/c1-19-15(17(24)21-11-4-6-12(25-2)7-5-11)16(22-18(27)23-19)13-9-10(20)3-8-14(13)26-19/h3-9,15-16H,1-2H3,(H,21,24)(H2,22,23,27)/t15-,16-,19+/m1/s1. The van der Waals surface area contributed by atoms with Gasteiger partial charge in [-0.2, -0.15) is 0 Å². The zero-order chi connectivity index (χ0) is 19.2. The van der Waals surface area contributed by atoms with E-state index in [1.807, 2.05) is 25.1 Å². The third-order valence-electron chi connectivity index (χ3n) is 4.84. The summed E-state index contributed by atoms with van der Waals surface area (Å²) in [6, 6.07) is 12.6. The summed E-state index contributed by atoms with van der Waals surface area (Å²) in [5.41, 5.74) is 0.621. The Morgan fingerprint density at radius 3 is 2.74 bits per heavy atom. The van der Waals surface area contributed by atoms with Crippen LogP contribution in [0.1, 0.15) is 18.5 Å². The fraction of sp³-hybridized carbons (Fsp3) is 0.263. The Bertz CT molecular complexity index is 921. The summed E-state index contributed by atoms with van der Waals surface area (Å²) in [4.78, 5) is 13.2. The average Bonchev–Trinajstić information content (AvgIpc) is 2.62. The van der Waals surface area contributed by atoms with Gasteiger partial charge in [0.2, 0.25) is 5.91 Å². The smallest absolute Gasteiger partial charge is 0.236 e. The summed E-state index contributed by atoms with van der Waals surface area (Å²) in [7, 11) is 1.60. The second kappa shape index (κ2) is 6.69. The molecule has 0 aromatic heterocycles. The number of halogens is 1. The second-order valence-electron chi connectivity index (χ2n) is 6.66. The lowest BCUT2D eigenvalue weighted by atomic mass is 9.80. The van der Waals surface area contributed by atoms with Crippen molar-refractivity contribution in [2.45, 2.75) is 18.7 Å². The van der Waals surface area contributed by atoms with Crippen molar-refractivity contribution in [3.05, 3.63) is 52.5 Å². The van der Waals surface area contributed by atoms with Crippen LogP contribution in [0, 0.1) is 5.92 Å². The zero-order valence-electron chi connectivity index (χ0n) is 14.7. The van der Waals surface area contributed by atoms with Crippen molar-refractivity contribution in [1.82, 2.24) is 10.6 Å². The molecule has 0 unspecified atom stereocenters. The minimum Gasteiger partial charge on any atom is -0.497 e. The number of carbonyl (C=O) groups excluding carboxylic acids is 1. The van der Waals surface area contributed by atoms with Crippen LogP contribution in [-0.4, -0.2) is 23.9 Å². The van der Waals surface area contributed by atoms with Gasteiger partial charge < -0.3 is 25.4 Å². The van der Waals surface area contributed by atoms with Crippen molar-refractivity contribution >= 4 is 44.9 Å². The van der Waals surface area contributed by atoms with Crippen molar-refractivity contribution in [3.63, 3.8) is 0 Å². The Labute approximate surface area is 170 Å². The highest BCUT2D eigenvalue weighted by Gasteiger charge is 2.54. The predicted octanol–water partition coefficient (Wildman–Crippen LogP) is 3.34. The first-order chi connectivity index (χ1) is 12.9. The van der Waals surface area contributed by atoms with E-state index in [2.05, 4.69) is 31.9 Å². The Hall–Kier alpha value is -2.32. The number of ether oxygens (including phenoxy) is 2. The number of thiocarbonyl (C=S) groups is 1. The lowest BCUT2D eigenvalue weighted by Crippen LogP contribution is -2.70. The van der Waals surface area contributed by atoms with E-state index in [9.17, 15) is 4.79 Å². The molecule has 3 N–H and O–H groups in total. The van der Waals surface area contributed by atoms with Crippen molar-refractivity contribution in [3.8, 4) is 11.5 Å². The van der Waals surface area contributed by atoms with Gasteiger partial charge in [0.1, 0.15) is 17.4 Å². The quantitative estimate of drug-likeness (QED) is 0.626. The highest BCUT2D eigenvalue weighted by atomic mass is 79.9. The van der Waals surface area contributed by atoms with E-state index in [-0.39, 0.29) is 11.9 Å². The number of anilines is 1. The van der Waals surface area contributed by atoms with Crippen LogP contribution < -0.4 is 25.4 Å². The maximum absolute atomic E-state index is 13.2. The molecule has 1 fully saturated rings. The van der Waals surface area contributed by atoms with Crippen LogP contribution in [0.4, 0.5) is 5.69 Å². The number of benzene rings is 2. The van der Waals surface area contributed by atoms with Crippen LogP contribution in [0.2, 0.25) is 0 Å². The Morgan fingerprint density at radius 1 is 1.30 bits per heavy atom. The molecule has 140 valence electrons. The Morgan fingerprint density at radius 2 is 2.04 bits per heavy atom. The summed E-state index contributed by atoms with van der Waals surface area (Å²) < 4.78 is 12.3. The number of rotatable bonds is 3. The first kappa shape index (κ1) is 18.1. The number of nitrogens with one attached hydrogen (secondary N) is 3. The lowest BCUT2D eigenvalue weighted by Gasteiger charge is -2.50. The zero-order valence-corrected chi connectivity index (χ0v) is 17.1. The Balaban J connectivity index is 1.68. The maximum Gasteiger partial charge on any atom is 0.236 e. The minimum atomic E-state index is -0.954. The number of hydrogen-bond acceptors (Lipinski definition) is 4. The van der Waals surface area contributed by atoms with Gasteiger partial charge in [0, 0.05) is 15.7 Å². The number of fused-ring (bicyclic) bond motifs is 4. The summed E-state index contributed by atoms with van der Waals surface area (Å²) in [5.74, 6) is 0.751. The Kier molecular flexibility index (Phi) is 4.47. The molecule has 1 amide bonds. The fourth-order valence-corrected chi connectivity index (χ4v) is 4.32. The first-order valence-corrected chi connectivity index (χ1v) is 9.62. The van der Waals surface area contributed by atoms with E-state index >= 15 is 0 Å². The van der Waals surface area contributed by atoms with Gasteiger partial charge in [-0.05, 0) is 61.6 Å². The fourth-order valence-electron chi connectivity index (χ4n) is 3.61. The molecule has 2 aliphatic heterocycles. The number of carbonyl (C=O) groups is 1. The van der Waals surface area contributed by atoms with Crippen LogP contribution in [0.25, 0.3) is 0 Å². The van der Waals surface area contributed by atoms with Crippen molar-refractivity contribution in [1.29, 1.82) is 0 Å². The molecule has 6 nitrogen and oxygen atoms in total. The highest BCUT2D eigenvalue weighted by molar-refractivity contribution is 9.10. The molecule has 4 rings (SSSR count). The molecule has 1 saturated heterocycles. The summed E-state index contributed by atoms with van der Waals surface area (Å²) in [5, 5.41) is 9.78. The number of hydrogen-bond donors (Lipinski definition) is 3. The lowest BCUT2D eigenvalue weighted by molar-refractivity contribution is -0.132. The van der Waals surface area contributed by atoms with Gasteiger partial charge in [0.15, 0.2) is 10.8 Å². The number of amides is 1. The van der Waals surface area contributed by atoms with Crippen LogP contribution in [0.5, 0.6) is 11.5 Å². The van der Waals surface area contributed by atoms with Crippen molar-refractivity contribution < 1.29 is 14.3 Å². The predicted molar refractivity (Wildman–Crippen MR) is 110 cm³/mol. The molecule has 2 heterocycles. The molecule has 0 spiro atoms. The second-order valence-corrected chi connectivity index (χ2v) is 7.99. The van der Waals surface area contributed by atoms with Gasteiger partial charge in [-0.15, -0.1) is 0 Å². The monoisotopic (exact) mass is 447 g/mol. The highest BCUT2D eigenvalue weighted by Crippen LogP contribution is 2.45. The molecule has 27 heavy (non-hydrogen) atoms. The molecule has 0 radical (unpaired) electrons. The third kappa shape index (κ3) is 3.23. The molecular weight excluding hydrogens is 430 g/mol. The molecule has 8 heteroatoms. The van der Waals surface area contributed by atoms with Crippen LogP contribution in [-0.2, 0) is 4.79 Å². The van der Waals surface area contributed by atoms with Gasteiger partial charge in [-0.3, -0.25) is 4.79 Å². The molecule has 3 atom stereocenters.